The minimum absolute atomic E-state index is 0.0607. The fourth-order valence-corrected chi connectivity index (χ4v) is 3.62. The van der Waals surface area contributed by atoms with Crippen molar-refractivity contribution in [2.24, 2.45) is 5.73 Å². The van der Waals surface area contributed by atoms with E-state index >= 15 is 0 Å². The number of carbonyl (C=O) groups excluding carboxylic acids is 2. The summed E-state index contributed by atoms with van der Waals surface area (Å²) in [6, 6.07) is 4.12. The number of fused-ring (bicyclic) bond motifs is 1. The summed E-state index contributed by atoms with van der Waals surface area (Å²) in [5, 5.41) is 9.23. The predicted octanol–water partition coefficient (Wildman–Crippen LogP) is 4.39. The van der Waals surface area contributed by atoms with Crippen LogP contribution in [0.3, 0.4) is 0 Å². The Bertz CT molecular complexity index is 1170. The zero-order valence-electron chi connectivity index (χ0n) is 15.4. The van der Waals surface area contributed by atoms with E-state index in [1.165, 1.54) is 19.1 Å². The fourth-order valence-electron chi connectivity index (χ4n) is 3.50. The third-order valence-corrected chi connectivity index (χ3v) is 5.18. The van der Waals surface area contributed by atoms with Crippen LogP contribution in [-0.2, 0) is 4.79 Å². The van der Waals surface area contributed by atoms with Gasteiger partial charge in [0.25, 0.3) is 5.91 Å². The van der Waals surface area contributed by atoms with Crippen LogP contribution < -0.4 is 5.73 Å². The first-order valence-electron chi connectivity index (χ1n) is 8.61. The van der Waals surface area contributed by atoms with Crippen LogP contribution in [0.25, 0.3) is 10.9 Å². The van der Waals surface area contributed by atoms with E-state index in [2.05, 4.69) is 0 Å². The third-order valence-electron chi connectivity index (χ3n) is 4.88. The van der Waals surface area contributed by atoms with Crippen LogP contribution >= 0.6 is 11.6 Å². The minimum Gasteiger partial charge on any atom is -0.503 e. The molecule has 3 N–H and O–H groups in total. The van der Waals surface area contributed by atoms with Crippen LogP contribution in [0.5, 0.6) is 5.75 Å². The highest BCUT2D eigenvalue weighted by molar-refractivity contribution is 6.30. The van der Waals surface area contributed by atoms with Gasteiger partial charge >= 0.3 is 0 Å². The molecule has 1 aromatic heterocycles. The summed E-state index contributed by atoms with van der Waals surface area (Å²) < 4.78 is 43.7. The summed E-state index contributed by atoms with van der Waals surface area (Å²) in [6.07, 6.45) is 0.177. The lowest BCUT2D eigenvalue weighted by Crippen LogP contribution is -2.22. The Balaban J connectivity index is 2.41. The molecule has 2 aromatic carbocycles. The zero-order chi connectivity index (χ0) is 21.6. The lowest BCUT2D eigenvalue weighted by Gasteiger charge is -2.13. The van der Waals surface area contributed by atoms with E-state index in [-0.39, 0.29) is 39.2 Å². The van der Waals surface area contributed by atoms with Crippen molar-refractivity contribution >= 4 is 34.3 Å². The number of rotatable bonds is 4. The number of carbonyl (C=O) groups is 2. The van der Waals surface area contributed by atoms with Gasteiger partial charge in [0.2, 0.25) is 5.91 Å². The second-order valence-corrected chi connectivity index (χ2v) is 6.95. The molecular weight excluding hydrogens is 409 g/mol. The normalized spacial score (nSPS) is 12.3. The summed E-state index contributed by atoms with van der Waals surface area (Å²) in [6.45, 7) is 3.06. The summed E-state index contributed by atoms with van der Waals surface area (Å²) in [5.74, 6) is -7.24. The maximum atomic E-state index is 14.8. The van der Waals surface area contributed by atoms with Gasteiger partial charge in [0.05, 0.1) is 16.5 Å². The van der Waals surface area contributed by atoms with Gasteiger partial charge in [-0.1, -0.05) is 18.5 Å². The first-order chi connectivity index (χ1) is 13.6. The Kier molecular flexibility index (Phi) is 5.32. The van der Waals surface area contributed by atoms with Gasteiger partial charge < -0.3 is 10.8 Å². The molecule has 152 valence electrons. The van der Waals surface area contributed by atoms with Crippen molar-refractivity contribution in [2.45, 2.75) is 26.2 Å². The molecule has 0 saturated heterocycles. The zero-order valence-corrected chi connectivity index (χ0v) is 16.1. The number of aromatic nitrogens is 1. The van der Waals surface area contributed by atoms with Gasteiger partial charge in [0.15, 0.2) is 17.4 Å². The average Bonchev–Trinajstić information content (AvgIpc) is 2.94. The van der Waals surface area contributed by atoms with Gasteiger partial charge in [0, 0.05) is 22.7 Å². The Morgan fingerprint density at radius 2 is 1.86 bits per heavy atom. The number of aromatic hydroxyl groups is 1. The number of nitrogens with two attached hydrogens (primary N) is 1. The van der Waals surface area contributed by atoms with Crippen LogP contribution in [0.15, 0.2) is 24.3 Å². The topological polar surface area (TPSA) is 85.3 Å². The number of benzene rings is 2. The quantitative estimate of drug-likeness (QED) is 0.651. The molecule has 1 atom stereocenters. The standard InChI is InChI=1S/C20H16ClF3N2O3/c1-3-10(19(25)28)15-8(2)26(14-7-13(23)18(27)17(24)16(14)15)20(29)9-4-5-11(21)12(22)6-9/h4-7,10,27H,3H2,1-2H3,(H2,25,28). The number of phenolic OH excluding ortho intramolecular Hbond substituents is 1. The van der Waals surface area contributed by atoms with E-state index in [0.29, 0.717) is 0 Å². The molecule has 1 heterocycles. The second kappa shape index (κ2) is 7.44. The van der Waals surface area contributed by atoms with Crippen molar-refractivity contribution in [1.82, 2.24) is 4.57 Å². The molecule has 0 fully saturated rings. The summed E-state index contributed by atoms with van der Waals surface area (Å²) in [4.78, 5) is 25.0. The summed E-state index contributed by atoms with van der Waals surface area (Å²) in [7, 11) is 0. The van der Waals surface area contributed by atoms with Gasteiger partial charge in [-0.2, -0.15) is 0 Å². The van der Waals surface area contributed by atoms with E-state index in [0.717, 1.165) is 16.7 Å². The third kappa shape index (κ3) is 3.23. The highest BCUT2D eigenvalue weighted by atomic mass is 35.5. The first-order valence-corrected chi connectivity index (χ1v) is 8.98. The number of hydrogen-bond donors (Lipinski definition) is 2. The molecular formula is C20H16ClF3N2O3. The lowest BCUT2D eigenvalue weighted by molar-refractivity contribution is -0.119. The highest BCUT2D eigenvalue weighted by Crippen LogP contribution is 2.39. The Morgan fingerprint density at radius 1 is 1.21 bits per heavy atom. The fraction of sp³-hybridized carbons (Fsp3) is 0.200. The van der Waals surface area contributed by atoms with Crippen LogP contribution in [0.1, 0.15) is 40.9 Å². The number of hydrogen-bond acceptors (Lipinski definition) is 3. The van der Waals surface area contributed by atoms with E-state index in [9.17, 15) is 27.9 Å². The molecule has 0 aliphatic carbocycles. The van der Waals surface area contributed by atoms with Crippen LogP contribution in [-0.4, -0.2) is 21.5 Å². The average molecular weight is 425 g/mol. The van der Waals surface area contributed by atoms with Crippen molar-refractivity contribution in [3.05, 3.63) is 63.6 Å². The van der Waals surface area contributed by atoms with Crippen molar-refractivity contribution in [3.8, 4) is 5.75 Å². The number of nitrogens with zero attached hydrogens (tertiary/aromatic N) is 1. The van der Waals surface area contributed by atoms with Gasteiger partial charge in [-0.15, -0.1) is 0 Å². The van der Waals surface area contributed by atoms with E-state index in [1.807, 2.05) is 0 Å². The predicted molar refractivity (Wildman–Crippen MR) is 102 cm³/mol. The van der Waals surface area contributed by atoms with E-state index in [4.69, 9.17) is 17.3 Å². The molecule has 3 rings (SSSR count). The van der Waals surface area contributed by atoms with E-state index in [1.54, 1.807) is 6.92 Å². The molecule has 0 bridgehead atoms. The van der Waals surface area contributed by atoms with Gasteiger partial charge in [-0.25, -0.2) is 13.2 Å². The monoisotopic (exact) mass is 424 g/mol. The number of primary amides is 1. The second-order valence-electron chi connectivity index (χ2n) is 6.55. The number of amides is 1. The minimum atomic E-state index is -1.31. The SMILES string of the molecule is CCC(C(N)=O)c1c(C)n(C(=O)c2ccc(Cl)c(F)c2)c2cc(F)c(O)c(F)c12. The molecule has 9 heteroatoms. The molecule has 29 heavy (non-hydrogen) atoms. The van der Waals surface area contributed by atoms with Gasteiger partial charge in [-0.05, 0) is 37.1 Å². The Morgan fingerprint density at radius 3 is 2.41 bits per heavy atom. The summed E-state index contributed by atoms with van der Waals surface area (Å²) in [5.41, 5.74) is 5.27. The molecule has 0 aliphatic rings. The largest absolute Gasteiger partial charge is 0.503 e. The number of halogens is 4. The van der Waals surface area contributed by atoms with E-state index < -0.39 is 40.9 Å². The molecule has 5 nitrogen and oxygen atoms in total. The van der Waals surface area contributed by atoms with Crippen LogP contribution in [0.4, 0.5) is 13.2 Å². The highest BCUT2D eigenvalue weighted by Gasteiger charge is 2.31. The maximum absolute atomic E-state index is 14.8. The van der Waals surface area contributed by atoms with Crippen molar-refractivity contribution in [2.75, 3.05) is 0 Å². The molecule has 0 radical (unpaired) electrons. The molecule has 0 spiro atoms. The van der Waals surface area contributed by atoms with Crippen molar-refractivity contribution in [1.29, 1.82) is 0 Å². The van der Waals surface area contributed by atoms with Crippen molar-refractivity contribution in [3.63, 3.8) is 0 Å². The molecule has 0 aliphatic heterocycles. The van der Waals surface area contributed by atoms with Gasteiger partial charge in [-0.3, -0.25) is 14.2 Å². The lowest BCUT2D eigenvalue weighted by atomic mass is 9.93. The first kappa shape index (κ1) is 20.7. The Labute approximate surface area is 168 Å². The smallest absolute Gasteiger partial charge is 0.262 e. The molecule has 1 amide bonds. The van der Waals surface area contributed by atoms with Gasteiger partial charge in [0.1, 0.15) is 5.82 Å². The van der Waals surface area contributed by atoms with Crippen molar-refractivity contribution < 1.29 is 27.9 Å². The molecule has 3 aromatic rings. The van der Waals surface area contributed by atoms with Crippen LogP contribution in [0, 0.1) is 24.4 Å². The maximum Gasteiger partial charge on any atom is 0.262 e. The molecule has 0 saturated carbocycles. The molecule has 1 unspecified atom stereocenters. The van der Waals surface area contributed by atoms with Crippen LogP contribution in [0.2, 0.25) is 5.02 Å². The Hall–Kier alpha value is -3.00. The summed E-state index contributed by atoms with van der Waals surface area (Å²) >= 11 is 5.64. The number of phenols is 1.